The summed E-state index contributed by atoms with van der Waals surface area (Å²) < 4.78 is 47.9. The second kappa shape index (κ2) is 8.25. The molecule has 3 aromatic carbocycles. The van der Waals surface area contributed by atoms with E-state index in [1.54, 1.807) is 42.3 Å². The van der Waals surface area contributed by atoms with Gasteiger partial charge in [-0.2, -0.15) is 0 Å². The lowest BCUT2D eigenvalue weighted by Crippen LogP contribution is -2.76. The molecule has 2 aliphatic heterocycles. The third kappa shape index (κ3) is 4.03. The number of para-hydroxylation sites is 2. The Labute approximate surface area is 194 Å². The summed E-state index contributed by atoms with van der Waals surface area (Å²) in [6, 6.07) is 20.6. The number of nitrogens with zero attached hydrogens (tertiary/aromatic N) is 2. The Morgan fingerprint density at radius 2 is 1.65 bits per heavy atom. The molecule has 3 aromatic rings. The summed E-state index contributed by atoms with van der Waals surface area (Å²) in [6.07, 6.45) is -4.77. The Bertz CT molecular complexity index is 1210. The zero-order valence-corrected chi connectivity index (χ0v) is 18.3. The van der Waals surface area contributed by atoms with Crippen LogP contribution < -0.4 is 19.7 Å². The van der Waals surface area contributed by atoms with Gasteiger partial charge in [0.2, 0.25) is 0 Å². The van der Waals surface area contributed by atoms with E-state index >= 15 is 0 Å². The van der Waals surface area contributed by atoms with E-state index in [1.165, 1.54) is 12.1 Å². The molecule has 176 valence electrons. The number of likely N-dealkylation sites (tertiary alicyclic amines) is 1. The van der Waals surface area contributed by atoms with Crippen molar-refractivity contribution >= 4 is 17.3 Å². The number of fused-ring (bicyclic) bond motifs is 1. The number of halogens is 3. The van der Waals surface area contributed by atoms with Crippen molar-refractivity contribution in [1.82, 2.24) is 4.90 Å². The SMILES string of the molecule is COc1ccc(N2C(=O)c3ccccc3NC23CN(Cc2ccccc2OC(F)(F)F)C3)cc1. The Morgan fingerprint density at radius 1 is 0.971 bits per heavy atom. The molecule has 0 unspecified atom stereocenters. The molecule has 0 saturated carbocycles. The number of carbonyl (C=O) groups excluding carboxylic acids is 1. The predicted molar refractivity (Wildman–Crippen MR) is 121 cm³/mol. The Kier molecular flexibility index (Phi) is 5.36. The van der Waals surface area contributed by atoms with Gasteiger partial charge in [0.15, 0.2) is 0 Å². The van der Waals surface area contributed by atoms with Gasteiger partial charge in [0.1, 0.15) is 17.2 Å². The summed E-state index contributed by atoms with van der Waals surface area (Å²) in [6.45, 7) is 1.08. The molecule has 0 bridgehead atoms. The highest BCUT2D eigenvalue weighted by molar-refractivity contribution is 6.13. The number of carbonyl (C=O) groups is 1. The van der Waals surface area contributed by atoms with Crippen molar-refractivity contribution in [3.63, 3.8) is 0 Å². The van der Waals surface area contributed by atoms with Crippen molar-refractivity contribution in [3.8, 4) is 11.5 Å². The van der Waals surface area contributed by atoms with Crippen LogP contribution in [-0.2, 0) is 6.54 Å². The fourth-order valence-electron chi connectivity index (χ4n) is 4.62. The lowest BCUT2D eigenvalue weighted by molar-refractivity contribution is -0.275. The maximum Gasteiger partial charge on any atom is 0.573 e. The highest BCUT2D eigenvalue weighted by atomic mass is 19.4. The largest absolute Gasteiger partial charge is 0.573 e. The first-order valence-corrected chi connectivity index (χ1v) is 10.7. The molecular formula is C25H22F3N3O3. The van der Waals surface area contributed by atoms with Crippen LogP contribution in [0.4, 0.5) is 24.5 Å². The Morgan fingerprint density at radius 3 is 2.35 bits per heavy atom. The predicted octanol–water partition coefficient (Wildman–Crippen LogP) is 4.88. The van der Waals surface area contributed by atoms with Gasteiger partial charge >= 0.3 is 6.36 Å². The molecule has 0 atom stereocenters. The molecule has 2 heterocycles. The minimum atomic E-state index is -4.77. The summed E-state index contributed by atoms with van der Waals surface area (Å²) in [7, 11) is 1.57. The number of alkyl halides is 3. The number of ether oxygens (including phenoxy) is 2. The summed E-state index contributed by atoms with van der Waals surface area (Å²) in [5.74, 6) is 0.313. The number of anilines is 2. The number of methoxy groups -OCH3 is 1. The topological polar surface area (TPSA) is 54.0 Å². The van der Waals surface area contributed by atoms with Crippen molar-refractivity contribution < 1.29 is 27.4 Å². The van der Waals surface area contributed by atoms with Crippen molar-refractivity contribution in [3.05, 3.63) is 83.9 Å². The molecule has 1 amide bonds. The van der Waals surface area contributed by atoms with Gasteiger partial charge in [-0.15, -0.1) is 13.2 Å². The van der Waals surface area contributed by atoms with Crippen molar-refractivity contribution in [2.45, 2.75) is 18.6 Å². The maximum atomic E-state index is 13.5. The molecule has 0 radical (unpaired) electrons. The second-order valence-electron chi connectivity index (χ2n) is 8.34. The van der Waals surface area contributed by atoms with Crippen molar-refractivity contribution in [2.24, 2.45) is 0 Å². The summed E-state index contributed by atoms with van der Waals surface area (Å²) in [5.41, 5.74) is 1.69. The quantitative estimate of drug-likeness (QED) is 0.578. The molecule has 5 rings (SSSR count). The monoisotopic (exact) mass is 469 g/mol. The van der Waals surface area contributed by atoms with E-state index in [4.69, 9.17) is 4.74 Å². The van der Waals surface area contributed by atoms with Gasteiger partial charge in [-0.1, -0.05) is 30.3 Å². The van der Waals surface area contributed by atoms with Gasteiger partial charge in [0, 0.05) is 36.6 Å². The molecule has 2 aliphatic rings. The van der Waals surface area contributed by atoms with E-state index in [0.717, 1.165) is 5.69 Å². The highest BCUT2D eigenvalue weighted by Gasteiger charge is 2.53. The normalized spacial score (nSPS) is 17.1. The average Bonchev–Trinajstić information content (AvgIpc) is 2.79. The lowest BCUT2D eigenvalue weighted by atomic mass is 9.90. The third-order valence-electron chi connectivity index (χ3n) is 6.05. The van der Waals surface area contributed by atoms with Crippen LogP contribution >= 0.6 is 0 Å². The molecule has 1 spiro atoms. The van der Waals surface area contributed by atoms with Gasteiger partial charge in [-0.25, -0.2) is 0 Å². The molecule has 0 aromatic heterocycles. The minimum absolute atomic E-state index is 0.139. The lowest BCUT2D eigenvalue weighted by Gasteiger charge is -2.58. The molecule has 1 saturated heterocycles. The van der Waals surface area contributed by atoms with Gasteiger partial charge in [0.25, 0.3) is 5.91 Å². The van der Waals surface area contributed by atoms with Crippen molar-refractivity contribution in [2.75, 3.05) is 30.4 Å². The van der Waals surface area contributed by atoms with Crippen LogP contribution in [0.15, 0.2) is 72.8 Å². The van der Waals surface area contributed by atoms with E-state index < -0.39 is 12.0 Å². The fourth-order valence-corrected chi connectivity index (χ4v) is 4.62. The number of benzene rings is 3. The fraction of sp³-hybridized carbons (Fsp3) is 0.240. The van der Waals surface area contributed by atoms with Crippen LogP contribution in [-0.4, -0.2) is 43.0 Å². The molecule has 34 heavy (non-hydrogen) atoms. The van der Waals surface area contributed by atoms with Crippen LogP contribution in [0, 0.1) is 0 Å². The molecule has 9 heteroatoms. The summed E-state index contributed by atoms with van der Waals surface area (Å²) >= 11 is 0. The van der Waals surface area contributed by atoms with Crippen molar-refractivity contribution in [1.29, 1.82) is 0 Å². The number of hydrogen-bond acceptors (Lipinski definition) is 5. The molecule has 6 nitrogen and oxygen atoms in total. The zero-order chi connectivity index (χ0) is 23.9. The zero-order valence-electron chi connectivity index (χ0n) is 18.3. The molecule has 1 fully saturated rings. The van der Waals surface area contributed by atoms with E-state index in [1.807, 2.05) is 35.2 Å². The van der Waals surface area contributed by atoms with Crippen LogP contribution in [0.1, 0.15) is 15.9 Å². The third-order valence-corrected chi connectivity index (χ3v) is 6.05. The first kappa shape index (κ1) is 22.1. The van der Waals surface area contributed by atoms with E-state index in [0.29, 0.717) is 35.7 Å². The van der Waals surface area contributed by atoms with Crippen LogP contribution in [0.5, 0.6) is 11.5 Å². The van der Waals surface area contributed by atoms with Gasteiger partial charge in [-0.3, -0.25) is 14.6 Å². The first-order valence-electron chi connectivity index (χ1n) is 10.7. The van der Waals surface area contributed by atoms with E-state index in [-0.39, 0.29) is 18.2 Å². The van der Waals surface area contributed by atoms with E-state index in [2.05, 4.69) is 10.1 Å². The minimum Gasteiger partial charge on any atom is -0.497 e. The number of hydrogen-bond donors (Lipinski definition) is 1. The number of amides is 1. The summed E-state index contributed by atoms with van der Waals surface area (Å²) in [4.78, 5) is 17.2. The molecular weight excluding hydrogens is 447 g/mol. The highest BCUT2D eigenvalue weighted by Crippen LogP contribution is 2.41. The van der Waals surface area contributed by atoms with Crippen LogP contribution in [0.3, 0.4) is 0 Å². The maximum absolute atomic E-state index is 13.5. The molecule has 1 N–H and O–H groups in total. The smallest absolute Gasteiger partial charge is 0.497 e. The number of nitrogens with one attached hydrogen (secondary N) is 1. The standard InChI is InChI=1S/C25H22F3N3O3/c1-33-19-12-10-18(11-13-19)31-23(32)20-7-3-4-8-21(20)29-24(31)15-30(16-24)14-17-6-2-5-9-22(17)34-25(26,27)28/h2-13,29H,14-16H2,1H3. The molecule has 0 aliphatic carbocycles. The van der Waals surface area contributed by atoms with Gasteiger partial charge in [0.05, 0.1) is 12.7 Å². The average molecular weight is 469 g/mol. The Balaban J connectivity index is 1.43. The summed E-state index contributed by atoms with van der Waals surface area (Å²) in [5, 5.41) is 3.51. The number of rotatable bonds is 5. The Hall–Kier alpha value is -3.72. The second-order valence-corrected chi connectivity index (χ2v) is 8.34. The van der Waals surface area contributed by atoms with Gasteiger partial charge < -0.3 is 14.8 Å². The van der Waals surface area contributed by atoms with Crippen LogP contribution in [0.2, 0.25) is 0 Å². The van der Waals surface area contributed by atoms with Gasteiger partial charge in [-0.05, 0) is 42.5 Å². The first-order chi connectivity index (χ1) is 16.3. The van der Waals surface area contributed by atoms with Crippen LogP contribution in [0.25, 0.3) is 0 Å². The van der Waals surface area contributed by atoms with E-state index in [9.17, 15) is 18.0 Å².